The summed E-state index contributed by atoms with van der Waals surface area (Å²) >= 11 is 3.43. The first-order valence-corrected chi connectivity index (χ1v) is 6.37. The summed E-state index contributed by atoms with van der Waals surface area (Å²) in [6.45, 7) is 7.98. The summed E-state index contributed by atoms with van der Waals surface area (Å²) in [6, 6.07) is 5.68. The summed E-state index contributed by atoms with van der Waals surface area (Å²) in [4.78, 5) is 2.31. The highest BCUT2D eigenvalue weighted by Crippen LogP contribution is 2.30. The van der Waals surface area contributed by atoms with Crippen LogP contribution >= 0.6 is 15.9 Å². The van der Waals surface area contributed by atoms with Crippen molar-refractivity contribution < 1.29 is 4.74 Å². The molecule has 2 N–H and O–H groups in total. The van der Waals surface area contributed by atoms with E-state index in [0.29, 0.717) is 12.3 Å². The molecule has 0 heterocycles. The van der Waals surface area contributed by atoms with Crippen LogP contribution in [-0.2, 0) is 0 Å². The lowest BCUT2D eigenvalue weighted by molar-refractivity contribution is 0.223. The molecule has 1 aromatic carbocycles. The highest BCUT2D eigenvalue weighted by Gasteiger charge is 2.05. The van der Waals surface area contributed by atoms with Crippen LogP contribution in [0.4, 0.5) is 5.69 Å². The van der Waals surface area contributed by atoms with Gasteiger partial charge in [-0.25, -0.2) is 0 Å². The van der Waals surface area contributed by atoms with Gasteiger partial charge in [0, 0.05) is 6.54 Å². The predicted octanol–water partition coefficient (Wildman–Crippen LogP) is 2.75. The number of hydrogen-bond acceptors (Lipinski definition) is 3. The van der Waals surface area contributed by atoms with Gasteiger partial charge in [-0.1, -0.05) is 19.9 Å². The zero-order valence-corrected chi connectivity index (χ0v) is 11.5. The fraction of sp³-hybridized carbons (Fsp3) is 0.500. The van der Waals surface area contributed by atoms with E-state index in [0.717, 1.165) is 29.9 Å². The Morgan fingerprint density at radius 2 is 2.00 bits per heavy atom. The number of ether oxygens (including phenoxy) is 1. The Labute approximate surface area is 106 Å². The summed E-state index contributed by atoms with van der Waals surface area (Å²) in [5, 5.41) is 0. The van der Waals surface area contributed by atoms with Crippen molar-refractivity contribution in [2.45, 2.75) is 13.8 Å². The second-order valence-corrected chi connectivity index (χ2v) is 4.39. The van der Waals surface area contributed by atoms with Crippen molar-refractivity contribution in [2.75, 3.05) is 32.0 Å². The number of halogens is 1. The molecule has 0 aliphatic carbocycles. The minimum absolute atomic E-state index is 0.661. The van der Waals surface area contributed by atoms with Gasteiger partial charge in [-0.15, -0.1) is 0 Å². The van der Waals surface area contributed by atoms with Crippen molar-refractivity contribution >= 4 is 21.6 Å². The number of nitrogen functional groups attached to an aromatic ring is 1. The van der Waals surface area contributed by atoms with Crippen LogP contribution in [-0.4, -0.2) is 31.1 Å². The van der Waals surface area contributed by atoms with E-state index in [4.69, 9.17) is 10.5 Å². The number of hydrogen-bond donors (Lipinski definition) is 1. The molecular formula is C12H19BrN2O. The molecule has 0 aliphatic heterocycles. The van der Waals surface area contributed by atoms with Gasteiger partial charge in [-0.05, 0) is 41.2 Å². The summed E-state index contributed by atoms with van der Waals surface area (Å²) < 4.78 is 6.60. The van der Waals surface area contributed by atoms with Gasteiger partial charge >= 0.3 is 0 Å². The Balaban J connectivity index is 2.48. The molecule has 0 bridgehead atoms. The molecule has 0 aliphatic rings. The fourth-order valence-corrected chi connectivity index (χ4v) is 1.99. The molecule has 1 rings (SSSR count). The first-order valence-electron chi connectivity index (χ1n) is 5.58. The Bertz CT molecular complexity index is 307. The van der Waals surface area contributed by atoms with Crippen LogP contribution < -0.4 is 10.5 Å². The molecule has 0 saturated heterocycles. The topological polar surface area (TPSA) is 38.5 Å². The molecule has 0 amide bonds. The third-order valence-corrected chi connectivity index (χ3v) is 3.17. The molecule has 90 valence electrons. The zero-order valence-electron chi connectivity index (χ0n) is 9.87. The maximum Gasteiger partial charge on any atom is 0.156 e. The van der Waals surface area contributed by atoms with Crippen molar-refractivity contribution in [3.8, 4) is 5.75 Å². The largest absolute Gasteiger partial charge is 0.489 e. The Hall–Kier alpha value is -0.740. The quantitative estimate of drug-likeness (QED) is 0.818. The van der Waals surface area contributed by atoms with Gasteiger partial charge in [-0.2, -0.15) is 0 Å². The van der Waals surface area contributed by atoms with Gasteiger partial charge < -0.3 is 15.4 Å². The molecule has 0 unspecified atom stereocenters. The fourth-order valence-electron chi connectivity index (χ4n) is 1.49. The molecule has 0 atom stereocenters. The number of likely N-dealkylation sites (N-methyl/N-ethyl adjacent to an activating group) is 1. The van der Waals surface area contributed by atoms with E-state index in [1.807, 2.05) is 18.2 Å². The van der Waals surface area contributed by atoms with Gasteiger partial charge in [0.1, 0.15) is 6.61 Å². The molecular weight excluding hydrogens is 268 g/mol. The van der Waals surface area contributed by atoms with Crippen LogP contribution in [0, 0.1) is 0 Å². The average molecular weight is 287 g/mol. The van der Waals surface area contributed by atoms with Crippen LogP contribution in [0.15, 0.2) is 22.7 Å². The molecule has 0 radical (unpaired) electrons. The summed E-state index contributed by atoms with van der Waals surface area (Å²) in [5.41, 5.74) is 6.51. The Kier molecular flexibility index (Phi) is 5.63. The van der Waals surface area contributed by atoms with E-state index >= 15 is 0 Å². The highest BCUT2D eigenvalue weighted by atomic mass is 79.9. The lowest BCUT2D eigenvalue weighted by atomic mass is 10.3. The monoisotopic (exact) mass is 286 g/mol. The molecule has 4 heteroatoms. The lowest BCUT2D eigenvalue weighted by Crippen LogP contribution is -2.28. The standard InChI is InChI=1S/C12H19BrN2O/c1-3-15(4-2)8-9-16-12-10(13)6-5-7-11(12)14/h5-7H,3-4,8-9,14H2,1-2H3. The summed E-state index contributed by atoms with van der Waals surface area (Å²) in [7, 11) is 0. The zero-order chi connectivity index (χ0) is 12.0. The van der Waals surface area contributed by atoms with Crippen molar-refractivity contribution in [1.29, 1.82) is 0 Å². The van der Waals surface area contributed by atoms with Crippen LogP contribution in [0.2, 0.25) is 0 Å². The Morgan fingerprint density at radius 3 is 2.56 bits per heavy atom. The smallest absolute Gasteiger partial charge is 0.156 e. The summed E-state index contributed by atoms with van der Waals surface area (Å²) in [6.07, 6.45) is 0. The maximum absolute atomic E-state index is 5.83. The first-order chi connectivity index (χ1) is 7.69. The van der Waals surface area contributed by atoms with E-state index in [1.54, 1.807) is 0 Å². The third kappa shape index (κ3) is 3.68. The van der Waals surface area contributed by atoms with Crippen LogP contribution in [0.3, 0.4) is 0 Å². The minimum atomic E-state index is 0.661. The number of anilines is 1. The second kappa shape index (κ2) is 6.76. The second-order valence-electron chi connectivity index (χ2n) is 3.53. The van der Waals surface area contributed by atoms with Gasteiger partial charge in [0.2, 0.25) is 0 Å². The predicted molar refractivity (Wildman–Crippen MR) is 71.8 cm³/mol. The molecule has 16 heavy (non-hydrogen) atoms. The molecule has 0 aromatic heterocycles. The van der Waals surface area contributed by atoms with E-state index in [9.17, 15) is 0 Å². The van der Waals surface area contributed by atoms with Gasteiger partial charge in [0.25, 0.3) is 0 Å². The van der Waals surface area contributed by atoms with Crippen LogP contribution in [0.5, 0.6) is 5.75 Å². The normalized spacial score (nSPS) is 10.8. The average Bonchev–Trinajstić information content (AvgIpc) is 2.28. The SMILES string of the molecule is CCN(CC)CCOc1c(N)cccc1Br. The first kappa shape index (κ1) is 13.3. The highest BCUT2D eigenvalue weighted by molar-refractivity contribution is 9.10. The van der Waals surface area contributed by atoms with E-state index < -0.39 is 0 Å². The van der Waals surface area contributed by atoms with Crippen molar-refractivity contribution in [3.05, 3.63) is 22.7 Å². The number of nitrogens with two attached hydrogens (primary N) is 1. The molecule has 0 spiro atoms. The number of para-hydroxylation sites is 1. The van der Waals surface area contributed by atoms with Crippen LogP contribution in [0.1, 0.15) is 13.8 Å². The van der Waals surface area contributed by atoms with Crippen molar-refractivity contribution in [1.82, 2.24) is 4.90 Å². The van der Waals surface area contributed by atoms with Gasteiger partial charge in [-0.3, -0.25) is 0 Å². The van der Waals surface area contributed by atoms with Crippen molar-refractivity contribution in [3.63, 3.8) is 0 Å². The number of rotatable bonds is 6. The number of nitrogens with zero attached hydrogens (tertiary/aromatic N) is 1. The molecule has 3 nitrogen and oxygen atoms in total. The van der Waals surface area contributed by atoms with Gasteiger partial charge in [0.05, 0.1) is 10.2 Å². The molecule has 0 fully saturated rings. The minimum Gasteiger partial charge on any atom is -0.489 e. The van der Waals surface area contributed by atoms with Gasteiger partial charge in [0.15, 0.2) is 5.75 Å². The Morgan fingerprint density at radius 1 is 1.31 bits per heavy atom. The summed E-state index contributed by atoms with van der Waals surface area (Å²) in [5.74, 6) is 0.745. The number of benzene rings is 1. The van der Waals surface area contributed by atoms with Crippen molar-refractivity contribution in [2.24, 2.45) is 0 Å². The van der Waals surface area contributed by atoms with E-state index in [1.165, 1.54) is 0 Å². The lowest BCUT2D eigenvalue weighted by Gasteiger charge is -2.18. The van der Waals surface area contributed by atoms with E-state index in [-0.39, 0.29) is 0 Å². The maximum atomic E-state index is 5.83. The molecule has 0 saturated carbocycles. The third-order valence-electron chi connectivity index (χ3n) is 2.55. The van der Waals surface area contributed by atoms with Crippen LogP contribution in [0.25, 0.3) is 0 Å². The molecule has 1 aromatic rings. The van der Waals surface area contributed by atoms with E-state index in [2.05, 4.69) is 34.7 Å².